The normalized spacial score (nSPS) is 28.8. The van der Waals surface area contributed by atoms with Crippen molar-refractivity contribution in [1.29, 1.82) is 0 Å². The van der Waals surface area contributed by atoms with Crippen LogP contribution in [0.2, 0.25) is 0 Å². The minimum absolute atomic E-state index is 0.0659. The molecular weight excluding hydrogens is 781 g/mol. The number of carbonyl (C=O) groups is 2. The van der Waals surface area contributed by atoms with Crippen molar-refractivity contribution in [3.8, 4) is 0 Å². The zero-order chi connectivity index (χ0) is 46.3. The third kappa shape index (κ3) is 16.8. The Morgan fingerprint density at radius 1 is 0.625 bits per heavy atom. The molecule has 4 aliphatic rings. The van der Waals surface area contributed by atoms with E-state index < -0.39 is 11.5 Å². The van der Waals surface area contributed by atoms with Crippen molar-refractivity contribution in [2.45, 2.75) is 298 Å². The van der Waals surface area contributed by atoms with Gasteiger partial charge >= 0.3 is 0 Å². The Hall–Kier alpha value is -1.22. The van der Waals surface area contributed by atoms with Crippen LogP contribution in [0, 0.1) is 52.3 Å². The summed E-state index contributed by atoms with van der Waals surface area (Å²) >= 11 is 0. The van der Waals surface area contributed by atoms with E-state index in [4.69, 9.17) is 0 Å². The number of hydrogen-bond donors (Lipinski definition) is 1. The molecule has 0 amide bonds. The molecule has 0 aromatic heterocycles. The predicted octanol–water partition coefficient (Wildman–Crippen LogP) is 18.6. The molecule has 4 aliphatic carbocycles. The molecule has 0 heterocycles. The summed E-state index contributed by atoms with van der Waals surface area (Å²) in [5.74, 6) is 4.00. The van der Waals surface area contributed by atoms with Gasteiger partial charge in [0, 0.05) is 12.8 Å². The van der Waals surface area contributed by atoms with Gasteiger partial charge in [-0.05, 0) is 130 Å². The van der Waals surface area contributed by atoms with Crippen molar-refractivity contribution in [3.63, 3.8) is 0 Å². The van der Waals surface area contributed by atoms with Crippen LogP contribution in [0.4, 0.5) is 0 Å². The van der Waals surface area contributed by atoms with Crippen LogP contribution in [-0.2, 0) is 9.59 Å². The van der Waals surface area contributed by atoms with E-state index in [1.807, 2.05) is 0 Å². The van der Waals surface area contributed by atoms with Crippen molar-refractivity contribution >= 4 is 11.6 Å². The lowest BCUT2D eigenvalue weighted by atomic mass is 9.46. The molecule has 1 N–H and O–H groups in total. The molecule has 0 radical (unpaired) electrons. The van der Waals surface area contributed by atoms with Crippen LogP contribution < -0.4 is 0 Å². The van der Waals surface area contributed by atoms with Crippen LogP contribution in [0.1, 0.15) is 292 Å². The Kier molecular flexibility index (Phi) is 25.6. The van der Waals surface area contributed by atoms with Crippen LogP contribution in [0.3, 0.4) is 0 Å². The fourth-order valence-corrected chi connectivity index (χ4v) is 14.4. The lowest BCUT2D eigenvalue weighted by molar-refractivity contribution is -0.151. The summed E-state index contributed by atoms with van der Waals surface area (Å²) in [5.41, 5.74) is 0.475. The van der Waals surface area contributed by atoms with Crippen molar-refractivity contribution < 1.29 is 14.7 Å². The molecule has 0 saturated heterocycles. The van der Waals surface area contributed by atoms with Crippen LogP contribution in [-0.4, -0.2) is 22.3 Å². The van der Waals surface area contributed by atoms with E-state index in [0.29, 0.717) is 37.0 Å². The maximum Gasteiger partial charge on any atom is 0.175 e. The largest absolute Gasteiger partial charge is 0.382 e. The third-order valence-corrected chi connectivity index (χ3v) is 18.6. The first-order valence-corrected chi connectivity index (χ1v) is 29.0. The fourth-order valence-electron chi connectivity index (χ4n) is 14.4. The first-order valence-electron chi connectivity index (χ1n) is 29.0. The number of unbranched alkanes of at least 4 members (excludes halogenated alkanes) is 22. The van der Waals surface area contributed by atoms with Crippen LogP contribution >= 0.6 is 0 Å². The molecule has 4 rings (SSSR count). The Labute approximate surface area is 398 Å². The quantitative estimate of drug-likeness (QED) is 0.0387. The Balaban J connectivity index is 1.29. The highest BCUT2D eigenvalue weighted by Gasteiger charge is 2.61. The van der Waals surface area contributed by atoms with Gasteiger partial charge in [0.25, 0.3) is 0 Å². The lowest BCUT2D eigenvalue weighted by Crippen LogP contribution is -2.55. The van der Waals surface area contributed by atoms with Crippen molar-refractivity contribution in [1.82, 2.24) is 0 Å². The molecule has 370 valence electrons. The van der Waals surface area contributed by atoms with E-state index in [9.17, 15) is 14.7 Å². The smallest absolute Gasteiger partial charge is 0.175 e. The zero-order valence-corrected chi connectivity index (χ0v) is 43.9. The van der Waals surface area contributed by atoms with Crippen LogP contribution in [0.5, 0.6) is 0 Å². The van der Waals surface area contributed by atoms with E-state index in [0.717, 1.165) is 81.0 Å². The summed E-state index contributed by atoms with van der Waals surface area (Å²) < 4.78 is 0. The van der Waals surface area contributed by atoms with Gasteiger partial charge in [0.05, 0.1) is 5.92 Å². The second-order valence-corrected chi connectivity index (χ2v) is 23.9. The number of ketones is 2. The average molecular weight is 890 g/mol. The fraction of sp³-hybridized carbons (Fsp3) is 0.902. The molecule has 3 fully saturated rings. The van der Waals surface area contributed by atoms with Crippen molar-refractivity contribution in [2.24, 2.45) is 52.3 Å². The van der Waals surface area contributed by atoms with Gasteiger partial charge in [0.1, 0.15) is 11.4 Å². The summed E-state index contributed by atoms with van der Waals surface area (Å²) in [6.45, 7) is 17.0. The molecule has 64 heavy (non-hydrogen) atoms. The van der Waals surface area contributed by atoms with E-state index in [-0.39, 0.29) is 17.0 Å². The van der Waals surface area contributed by atoms with E-state index >= 15 is 0 Å². The molecule has 0 bridgehead atoms. The van der Waals surface area contributed by atoms with Crippen molar-refractivity contribution in [2.75, 3.05) is 0 Å². The maximum absolute atomic E-state index is 14.7. The standard InChI is InChI=1S/C61H108O3/c1-8-10-12-14-16-18-20-22-23-24-26-28-30-32-34-39-57(62)53(38-33-31-29-27-25-21-19-17-15-13-11-9-2)58(63)61(64)47-46-59(6)51(48-61)40-41-52-55-43-42-54(50(5)37-35-36-49(3)4)60(55,7)45-44-56(52)59/h22-23,40,49-50,52-56,64H,8-21,24-39,41-48H2,1-7H3/t50-,52+,53?,54-,55+,56+,59+,60-,61?/m1/s1. The minimum atomic E-state index is -1.40. The average Bonchev–Trinajstić information content (AvgIpc) is 3.64. The summed E-state index contributed by atoms with van der Waals surface area (Å²) in [6, 6.07) is 0. The number of fused-ring (bicyclic) bond motifs is 5. The Morgan fingerprint density at radius 2 is 1.17 bits per heavy atom. The molecule has 0 aliphatic heterocycles. The van der Waals surface area contributed by atoms with E-state index in [2.05, 4.69) is 66.7 Å². The van der Waals surface area contributed by atoms with Gasteiger partial charge < -0.3 is 5.11 Å². The molecule has 0 aromatic rings. The first kappa shape index (κ1) is 55.4. The van der Waals surface area contributed by atoms with Crippen LogP contribution in [0.15, 0.2) is 23.8 Å². The molecule has 0 aromatic carbocycles. The Bertz CT molecular complexity index is 1360. The molecule has 0 spiro atoms. The molecule has 3 nitrogen and oxygen atoms in total. The molecule has 3 heteroatoms. The van der Waals surface area contributed by atoms with Gasteiger partial charge in [0.15, 0.2) is 5.78 Å². The number of allylic oxidation sites excluding steroid dienone is 3. The van der Waals surface area contributed by atoms with Crippen molar-refractivity contribution in [3.05, 3.63) is 23.8 Å². The van der Waals surface area contributed by atoms with Gasteiger partial charge in [-0.3, -0.25) is 9.59 Å². The van der Waals surface area contributed by atoms with Gasteiger partial charge in [-0.2, -0.15) is 0 Å². The predicted molar refractivity (Wildman–Crippen MR) is 277 cm³/mol. The topological polar surface area (TPSA) is 54.4 Å². The molecular formula is C61H108O3. The van der Waals surface area contributed by atoms with E-state index in [1.54, 1.807) is 0 Å². The highest BCUT2D eigenvalue weighted by atomic mass is 16.3. The number of carbonyl (C=O) groups excluding carboxylic acids is 2. The second kappa shape index (κ2) is 29.6. The summed E-state index contributed by atoms with van der Waals surface area (Å²) in [7, 11) is 0. The zero-order valence-electron chi connectivity index (χ0n) is 43.9. The lowest BCUT2D eigenvalue weighted by Gasteiger charge is -2.59. The number of rotatable bonds is 36. The molecule has 9 atom stereocenters. The van der Waals surface area contributed by atoms with E-state index in [1.165, 1.54) is 173 Å². The van der Waals surface area contributed by atoms with Gasteiger partial charge in [-0.1, -0.05) is 220 Å². The monoisotopic (exact) mass is 889 g/mol. The number of aliphatic hydroxyl groups is 1. The summed E-state index contributed by atoms with van der Waals surface area (Å²) in [5, 5.41) is 12.4. The molecule has 2 unspecified atom stereocenters. The number of hydrogen-bond acceptors (Lipinski definition) is 3. The number of Topliss-reactive ketones (excluding diaryl/α,β-unsaturated/α-hetero) is 2. The highest BCUT2D eigenvalue weighted by Crippen LogP contribution is 2.68. The third-order valence-electron chi connectivity index (χ3n) is 18.6. The van der Waals surface area contributed by atoms with Gasteiger partial charge in [-0.25, -0.2) is 0 Å². The Morgan fingerprint density at radius 3 is 1.75 bits per heavy atom. The first-order chi connectivity index (χ1) is 30.9. The van der Waals surface area contributed by atoms with Crippen LogP contribution in [0.25, 0.3) is 0 Å². The van der Waals surface area contributed by atoms with Gasteiger partial charge in [0.2, 0.25) is 0 Å². The maximum atomic E-state index is 14.7. The second-order valence-electron chi connectivity index (χ2n) is 23.9. The highest BCUT2D eigenvalue weighted by molar-refractivity contribution is 6.06. The summed E-state index contributed by atoms with van der Waals surface area (Å²) in [4.78, 5) is 28.8. The minimum Gasteiger partial charge on any atom is -0.382 e. The SMILES string of the molecule is CCCCCCCCC=CCCCCCCCC(=O)C(CCCCCCCCCCCCCC)C(=O)C1(O)CC[C@@]2(C)C(=CC[C@H]3[C@@H]4CC[C@H]([C@H](C)CCCC(C)C)[C@@]4(C)CC[C@@H]32)C1. The van der Waals surface area contributed by atoms with Gasteiger partial charge in [-0.15, -0.1) is 0 Å². The summed E-state index contributed by atoms with van der Waals surface area (Å²) in [6.07, 6.45) is 52.3. The molecule has 3 saturated carbocycles.